The second kappa shape index (κ2) is 5.83. The highest BCUT2D eigenvalue weighted by Crippen LogP contribution is 2.29. The van der Waals surface area contributed by atoms with Gasteiger partial charge in [0.1, 0.15) is 0 Å². The Balaban J connectivity index is 1.48. The second-order valence-electron chi connectivity index (χ2n) is 6.05. The first-order valence-corrected chi connectivity index (χ1v) is 7.55. The van der Waals surface area contributed by atoms with Gasteiger partial charge in [0.05, 0.1) is 6.42 Å². The van der Waals surface area contributed by atoms with E-state index in [4.69, 9.17) is 5.73 Å². The summed E-state index contributed by atoms with van der Waals surface area (Å²) in [6, 6.07) is 7.62. The Morgan fingerprint density at radius 1 is 1.20 bits per heavy atom. The number of hydrogen-bond donors (Lipinski definition) is 1. The summed E-state index contributed by atoms with van der Waals surface area (Å²) in [5.74, 6) is 1.16. The summed E-state index contributed by atoms with van der Waals surface area (Å²) < 4.78 is 0. The maximum absolute atomic E-state index is 12.3. The summed E-state index contributed by atoms with van der Waals surface area (Å²) in [4.78, 5) is 16.8. The molecule has 0 aromatic heterocycles. The number of rotatable bonds is 4. The van der Waals surface area contributed by atoms with Crippen LogP contribution in [0.15, 0.2) is 24.3 Å². The van der Waals surface area contributed by atoms with Crippen molar-refractivity contribution in [3.63, 3.8) is 0 Å². The fourth-order valence-electron chi connectivity index (χ4n) is 2.83. The molecule has 2 aliphatic rings. The summed E-state index contributed by atoms with van der Waals surface area (Å²) in [7, 11) is 0. The molecular formula is C16H23N3O. The van der Waals surface area contributed by atoms with E-state index in [1.807, 2.05) is 29.2 Å². The molecule has 108 valence electrons. The average molecular weight is 273 g/mol. The molecule has 1 saturated heterocycles. The van der Waals surface area contributed by atoms with E-state index in [-0.39, 0.29) is 5.91 Å². The van der Waals surface area contributed by atoms with Crippen molar-refractivity contribution in [2.45, 2.75) is 19.3 Å². The normalized spacial score (nSPS) is 20.1. The zero-order valence-corrected chi connectivity index (χ0v) is 11.9. The van der Waals surface area contributed by atoms with E-state index < -0.39 is 0 Å². The van der Waals surface area contributed by atoms with Crippen LogP contribution in [0.5, 0.6) is 0 Å². The van der Waals surface area contributed by atoms with Gasteiger partial charge >= 0.3 is 0 Å². The van der Waals surface area contributed by atoms with Gasteiger partial charge in [-0.3, -0.25) is 9.69 Å². The van der Waals surface area contributed by atoms with Gasteiger partial charge in [-0.25, -0.2) is 0 Å². The summed E-state index contributed by atoms with van der Waals surface area (Å²) in [5, 5.41) is 0. The van der Waals surface area contributed by atoms with Crippen molar-refractivity contribution in [2.24, 2.45) is 5.92 Å². The van der Waals surface area contributed by atoms with Gasteiger partial charge in [0, 0.05) is 38.4 Å². The SMILES string of the molecule is Nc1cccc(CC(=O)N2CCN(CC3CC3)CC2)c1. The minimum Gasteiger partial charge on any atom is -0.399 e. The van der Waals surface area contributed by atoms with Crippen molar-refractivity contribution in [1.29, 1.82) is 0 Å². The summed E-state index contributed by atoms with van der Waals surface area (Å²) in [6.07, 6.45) is 3.26. The van der Waals surface area contributed by atoms with Gasteiger partial charge in [0.15, 0.2) is 0 Å². The zero-order valence-electron chi connectivity index (χ0n) is 11.9. The molecule has 2 fully saturated rings. The van der Waals surface area contributed by atoms with Crippen molar-refractivity contribution >= 4 is 11.6 Å². The molecule has 0 radical (unpaired) electrons. The standard InChI is InChI=1S/C16H23N3O/c17-15-3-1-2-14(10-15)11-16(20)19-8-6-18(7-9-19)12-13-4-5-13/h1-3,10,13H,4-9,11-12,17H2. The van der Waals surface area contributed by atoms with E-state index in [1.165, 1.54) is 19.4 Å². The van der Waals surface area contributed by atoms with Gasteiger partial charge in [-0.05, 0) is 36.5 Å². The molecule has 4 heteroatoms. The van der Waals surface area contributed by atoms with Crippen molar-refractivity contribution < 1.29 is 4.79 Å². The van der Waals surface area contributed by atoms with Crippen LogP contribution in [0.25, 0.3) is 0 Å². The van der Waals surface area contributed by atoms with Crippen molar-refractivity contribution in [1.82, 2.24) is 9.80 Å². The van der Waals surface area contributed by atoms with E-state index in [2.05, 4.69) is 4.90 Å². The van der Waals surface area contributed by atoms with Crippen LogP contribution in [0.1, 0.15) is 18.4 Å². The molecule has 1 heterocycles. The Labute approximate surface area is 120 Å². The van der Waals surface area contributed by atoms with Crippen LogP contribution in [-0.4, -0.2) is 48.4 Å². The number of hydrogen-bond acceptors (Lipinski definition) is 3. The Hall–Kier alpha value is -1.55. The molecule has 2 N–H and O–H groups in total. The number of carbonyl (C=O) groups excluding carboxylic acids is 1. The van der Waals surface area contributed by atoms with Crippen LogP contribution in [0, 0.1) is 5.92 Å². The summed E-state index contributed by atoms with van der Waals surface area (Å²) >= 11 is 0. The number of anilines is 1. The first kappa shape index (κ1) is 13.4. The van der Waals surface area contributed by atoms with E-state index in [0.29, 0.717) is 6.42 Å². The van der Waals surface area contributed by atoms with E-state index in [0.717, 1.165) is 43.3 Å². The maximum Gasteiger partial charge on any atom is 0.227 e. The Bertz CT molecular complexity index is 476. The van der Waals surface area contributed by atoms with Crippen LogP contribution in [0.3, 0.4) is 0 Å². The largest absolute Gasteiger partial charge is 0.399 e. The lowest BCUT2D eigenvalue weighted by molar-refractivity contribution is -0.132. The number of carbonyl (C=O) groups is 1. The van der Waals surface area contributed by atoms with Crippen LogP contribution in [-0.2, 0) is 11.2 Å². The number of nitrogen functional groups attached to an aromatic ring is 1. The van der Waals surface area contributed by atoms with Gasteiger partial charge in [-0.1, -0.05) is 12.1 Å². The molecule has 20 heavy (non-hydrogen) atoms. The molecule has 0 unspecified atom stereocenters. The molecule has 0 bridgehead atoms. The summed E-state index contributed by atoms with van der Waals surface area (Å²) in [5.41, 5.74) is 7.49. The molecule has 1 amide bonds. The molecule has 1 aromatic carbocycles. The van der Waals surface area contributed by atoms with Gasteiger partial charge in [0.2, 0.25) is 5.91 Å². The van der Waals surface area contributed by atoms with Crippen LogP contribution < -0.4 is 5.73 Å². The van der Waals surface area contributed by atoms with Crippen LogP contribution in [0.4, 0.5) is 5.69 Å². The molecular weight excluding hydrogens is 250 g/mol. The highest BCUT2D eigenvalue weighted by atomic mass is 16.2. The van der Waals surface area contributed by atoms with E-state index in [1.54, 1.807) is 0 Å². The molecule has 0 atom stereocenters. The van der Waals surface area contributed by atoms with Crippen molar-refractivity contribution in [2.75, 3.05) is 38.5 Å². The van der Waals surface area contributed by atoms with Crippen LogP contribution in [0.2, 0.25) is 0 Å². The molecule has 0 spiro atoms. The third kappa shape index (κ3) is 3.51. The Kier molecular flexibility index (Phi) is 3.92. The lowest BCUT2D eigenvalue weighted by Crippen LogP contribution is -2.49. The smallest absolute Gasteiger partial charge is 0.227 e. The molecule has 1 saturated carbocycles. The number of amides is 1. The lowest BCUT2D eigenvalue weighted by atomic mass is 10.1. The van der Waals surface area contributed by atoms with Gasteiger partial charge < -0.3 is 10.6 Å². The highest BCUT2D eigenvalue weighted by molar-refractivity contribution is 5.79. The topological polar surface area (TPSA) is 49.6 Å². The molecule has 1 aromatic rings. The third-order valence-corrected chi connectivity index (χ3v) is 4.24. The van der Waals surface area contributed by atoms with Gasteiger partial charge in [-0.15, -0.1) is 0 Å². The van der Waals surface area contributed by atoms with Crippen molar-refractivity contribution in [3.8, 4) is 0 Å². The molecule has 1 aliphatic carbocycles. The van der Waals surface area contributed by atoms with E-state index in [9.17, 15) is 4.79 Å². The van der Waals surface area contributed by atoms with E-state index >= 15 is 0 Å². The average Bonchev–Trinajstić information content (AvgIpc) is 3.23. The Morgan fingerprint density at radius 3 is 2.60 bits per heavy atom. The number of nitrogens with zero attached hydrogens (tertiary/aromatic N) is 2. The lowest BCUT2D eigenvalue weighted by Gasteiger charge is -2.34. The fourth-order valence-corrected chi connectivity index (χ4v) is 2.83. The highest BCUT2D eigenvalue weighted by Gasteiger charge is 2.27. The zero-order chi connectivity index (χ0) is 13.9. The number of piperazine rings is 1. The Morgan fingerprint density at radius 2 is 1.95 bits per heavy atom. The van der Waals surface area contributed by atoms with Gasteiger partial charge in [0.25, 0.3) is 0 Å². The molecule has 3 rings (SSSR count). The number of nitrogens with two attached hydrogens (primary N) is 1. The number of benzene rings is 1. The predicted molar refractivity (Wildman–Crippen MR) is 80.3 cm³/mol. The second-order valence-corrected chi connectivity index (χ2v) is 6.05. The minimum atomic E-state index is 0.224. The maximum atomic E-state index is 12.3. The fraction of sp³-hybridized carbons (Fsp3) is 0.562. The predicted octanol–water partition coefficient (Wildman–Crippen LogP) is 1.37. The first-order valence-electron chi connectivity index (χ1n) is 7.55. The molecule has 4 nitrogen and oxygen atoms in total. The van der Waals surface area contributed by atoms with Gasteiger partial charge in [-0.2, -0.15) is 0 Å². The third-order valence-electron chi connectivity index (χ3n) is 4.24. The quantitative estimate of drug-likeness (QED) is 0.843. The van der Waals surface area contributed by atoms with Crippen LogP contribution >= 0.6 is 0 Å². The molecule has 1 aliphatic heterocycles. The van der Waals surface area contributed by atoms with Crippen molar-refractivity contribution in [3.05, 3.63) is 29.8 Å². The minimum absolute atomic E-state index is 0.224. The monoisotopic (exact) mass is 273 g/mol. The first-order chi connectivity index (χ1) is 9.70. The summed E-state index contributed by atoms with van der Waals surface area (Å²) in [6.45, 7) is 5.03.